The van der Waals surface area contributed by atoms with Gasteiger partial charge in [-0.1, -0.05) is 357 Å². The Bertz CT molecular complexity index is 1910. The van der Waals surface area contributed by atoms with E-state index in [0.717, 1.165) is 108 Å². The number of hydrogen-bond donors (Lipinski definition) is 3. The molecule has 3 unspecified atom stereocenters. The summed E-state index contributed by atoms with van der Waals surface area (Å²) in [4.78, 5) is 72.9. The van der Waals surface area contributed by atoms with Crippen molar-refractivity contribution in [3.05, 3.63) is 0 Å². The van der Waals surface area contributed by atoms with Crippen molar-refractivity contribution in [1.82, 2.24) is 0 Å². The maximum absolute atomic E-state index is 13.1. The van der Waals surface area contributed by atoms with E-state index in [1.54, 1.807) is 0 Å². The van der Waals surface area contributed by atoms with Crippen LogP contribution in [0.5, 0.6) is 0 Å². The third-order valence-electron chi connectivity index (χ3n) is 18.7. The number of aliphatic hydroxyl groups is 1. The zero-order valence-corrected chi connectivity index (χ0v) is 66.0. The van der Waals surface area contributed by atoms with Crippen molar-refractivity contribution in [2.75, 3.05) is 39.6 Å². The van der Waals surface area contributed by atoms with E-state index in [1.165, 1.54) is 212 Å². The molecule has 0 fully saturated rings. The molecule has 0 aliphatic carbocycles. The molecule has 6 atom stereocenters. The second kappa shape index (κ2) is 69.4. The average Bonchev–Trinajstić information content (AvgIpc) is 1.58. The van der Waals surface area contributed by atoms with Gasteiger partial charge < -0.3 is 33.8 Å². The fourth-order valence-corrected chi connectivity index (χ4v) is 13.7. The molecule has 0 radical (unpaired) electrons. The van der Waals surface area contributed by atoms with Crippen LogP contribution in [-0.4, -0.2) is 96.7 Å². The lowest BCUT2D eigenvalue weighted by atomic mass is 9.99. The van der Waals surface area contributed by atoms with Crippen molar-refractivity contribution < 1.29 is 80.2 Å². The molecule has 0 aromatic carbocycles. The fourth-order valence-electron chi connectivity index (χ4n) is 12.1. The molecular formula is C79H154O17P2. The number of rotatable bonds is 77. The predicted octanol–water partition coefficient (Wildman–Crippen LogP) is 23.4. The summed E-state index contributed by atoms with van der Waals surface area (Å²) in [5.74, 6) is 0.121. The van der Waals surface area contributed by atoms with E-state index < -0.39 is 97.5 Å². The number of aliphatic hydroxyl groups excluding tert-OH is 1. The molecule has 19 heteroatoms. The maximum Gasteiger partial charge on any atom is 0.472 e. The van der Waals surface area contributed by atoms with Crippen molar-refractivity contribution in [3.63, 3.8) is 0 Å². The Hall–Kier alpha value is -1.94. The highest BCUT2D eigenvalue weighted by Crippen LogP contribution is 2.45. The normalized spacial score (nSPS) is 14.3. The summed E-state index contributed by atoms with van der Waals surface area (Å²) in [6.45, 7) is 11.8. The number of carbonyl (C=O) groups excluding carboxylic acids is 4. The molecule has 0 heterocycles. The van der Waals surface area contributed by atoms with Gasteiger partial charge in [0.1, 0.15) is 19.3 Å². The van der Waals surface area contributed by atoms with Gasteiger partial charge in [0.05, 0.1) is 26.4 Å². The Labute approximate surface area is 600 Å². The molecule has 0 rings (SSSR count). The van der Waals surface area contributed by atoms with E-state index in [1.807, 2.05) is 0 Å². The van der Waals surface area contributed by atoms with E-state index in [9.17, 15) is 43.2 Å². The van der Waals surface area contributed by atoms with Gasteiger partial charge in [0.25, 0.3) is 0 Å². The number of phosphoric acid groups is 2. The minimum Gasteiger partial charge on any atom is -0.462 e. The van der Waals surface area contributed by atoms with Crippen LogP contribution in [0.25, 0.3) is 0 Å². The highest BCUT2D eigenvalue weighted by atomic mass is 31.2. The molecule has 582 valence electrons. The number of unbranched alkanes of at least 4 members (excludes halogenated alkanes) is 44. The predicted molar refractivity (Wildman–Crippen MR) is 400 cm³/mol. The highest BCUT2D eigenvalue weighted by molar-refractivity contribution is 7.47. The number of esters is 4. The van der Waals surface area contributed by atoms with Crippen LogP contribution in [-0.2, 0) is 65.4 Å². The SMILES string of the molecule is CCCCCCCCCCCCCCCCCCCCCCCC(=O)O[C@H](COC(=O)CCCCCCCCCCCCCCCC(C)C)COP(=O)(O)OC[C@@H](O)COP(=O)(O)OC[C@@H](COC(=O)CCCCCCCCC(C)C)OC(=O)CCCCCCCCCCC(C)CC. The quantitative estimate of drug-likeness (QED) is 0.0222. The highest BCUT2D eigenvalue weighted by Gasteiger charge is 2.30. The van der Waals surface area contributed by atoms with Crippen LogP contribution in [0.1, 0.15) is 408 Å². The van der Waals surface area contributed by atoms with Crippen LogP contribution in [0.2, 0.25) is 0 Å². The van der Waals surface area contributed by atoms with Crippen molar-refractivity contribution >= 4 is 39.5 Å². The lowest BCUT2D eigenvalue weighted by molar-refractivity contribution is -0.161. The van der Waals surface area contributed by atoms with Crippen LogP contribution in [0.15, 0.2) is 0 Å². The zero-order chi connectivity index (χ0) is 72.3. The molecule has 0 aliphatic rings. The molecule has 98 heavy (non-hydrogen) atoms. The van der Waals surface area contributed by atoms with Crippen molar-refractivity contribution in [2.24, 2.45) is 17.8 Å². The molecule has 3 N–H and O–H groups in total. The van der Waals surface area contributed by atoms with Gasteiger partial charge in [0.2, 0.25) is 0 Å². The van der Waals surface area contributed by atoms with E-state index in [-0.39, 0.29) is 25.7 Å². The molecule has 0 aromatic rings. The summed E-state index contributed by atoms with van der Waals surface area (Å²) in [5, 5.41) is 10.6. The molecule has 0 spiro atoms. The van der Waals surface area contributed by atoms with E-state index in [2.05, 4.69) is 48.5 Å². The second-order valence-electron chi connectivity index (χ2n) is 29.6. The number of carbonyl (C=O) groups is 4. The van der Waals surface area contributed by atoms with Gasteiger partial charge in [0.15, 0.2) is 12.2 Å². The summed E-state index contributed by atoms with van der Waals surface area (Å²) in [6, 6.07) is 0. The number of hydrogen-bond acceptors (Lipinski definition) is 15. The Morgan fingerprint density at radius 2 is 0.520 bits per heavy atom. The molecular weight excluding hydrogens is 1280 g/mol. The van der Waals surface area contributed by atoms with Crippen LogP contribution in [0.3, 0.4) is 0 Å². The molecule has 0 amide bonds. The topological polar surface area (TPSA) is 237 Å². The molecule has 0 aliphatic heterocycles. The first-order valence-electron chi connectivity index (χ1n) is 40.9. The van der Waals surface area contributed by atoms with Crippen LogP contribution in [0.4, 0.5) is 0 Å². The number of phosphoric ester groups is 2. The smallest absolute Gasteiger partial charge is 0.462 e. The summed E-state index contributed by atoms with van der Waals surface area (Å²) >= 11 is 0. The Morgan fingerprint density at radius 1 is 0.296 bits per heavy atom. The Morgan fingerprint density at radius 3 is 0.776 bits per heavy atom. The summed E-state index contributed by atoms with van der Waals surface area (Å²) in [7, 11) is -9.92. The Balaban J connectivity index is 5.21. The zero-order valence-electron chi connectivity index (χ0n) is 64.3. The van der Waals surface area contributed by atoms with Crippen LogP contribution < -0.4 is 0 Å². The molecule has 0 aromatic heterocycles. The van der Waals surface area contributed by atoms with E-state index in [4.69, 9.17) is 37.0 Å². The minimum atomic E-state index is -4.96. The Kier molecular flexibility index (Phi) is 68.1. The summed E-state index contributed by atoms with van der Waals surface area (Å²) in [6.07, 6.45) is 57.2. The molecule has 0 bridgehead atoms. The van der Waals surface area contributed by atoms with Gasteiger partial charge in [-0.2, -0.15) is 0 Å². The van der Waals surface area contributed by atoms with Crippen LogP contribution >= 0.6 is 15.6 Å². The first-order valence-corrected chi connectivity index (χ1v) is 43.9. The third-order valence-corrected chi connectivity index (χ3v) is 20.6. The summed E-state index contributed by atoms with van der Waals surface area (Å²) < 4.78 is 68.6. The monoisotopic (exact) mass is 1440 g/mol. The average molecular weight is 1440 g/mol. The van der Waals surface area contributed by atoms with Gasteiger partial charge in [-0.3, -0.25) is 37.3 Å². The molecule has 17 nitrogen and oxygen atoms in total. The second-order valence-corrected chi connectivity index (χ2v) is 32.6. The van der Waals surface area contributed by atoms with Crippen molar-refractivity contribution in [2.45, 2.75) is 426 Å². The maximum atomic E-state index is 13.1. The minimum absolute atomic E-state index is 0.104. The molecule has 0 saturated heterocycles. The van der Waals surface area contributed by atoms with Gasteiger partial charge >= 0.3 is 39.5 Å². The first-order chi connectivity index (χ1) is 47.3. The first kappa shape index (κ1) is 96.1. The lowest BCUT2D eigenvalue weighted by Gasteiger charge is -2.21. The fraction of sp³-hybridized carbons (Fsp3) is 0.949. The van der Waals surface area contributed by atoms with Gasteiger partial charge in [-0.25, -0.2) is 9.13 Å². The number of ether oxygens (including phenoxy) is 4. The van der Waals surface area contributed by atoms with Crippen molar-refractivity contribution in [3.8, 4) is 0 Å². The molecule has 0 saturated carbocycles. The van der Waals surface area contributed by atoms with E-state index >= 15 is 0 Å². The van der Waals surface area contributed by atoms with Gasteiger partial charge in [-0.05, 0) is 43.4 Å². The van der Waals surface area contributed by atoms with Crippen LogP contribution in [0, 0.1) is 17.8 Å². The van der Waals surface area contributed by atoms with Gasteiger partial charge in [-0.15, -0.1) is 0 Å². The standard InChI is InChI=1S/C79H154O17P2/c1-8-10-11-12-13-14-15-16-17-18-19-20-21-22-23-26-30-33-39-48-55-62-78(83)95-74(66-89-76(81)60-53-46-38-32-29-27-24-25-28-31-36-43-50-57-70(3)4)68-93-97(85,86)91-64-73(80)65-92-98(87,88)94-69-75(67-90-77(82)61-54-47-42-41-44-51-58-71(5)6)96-79(84)63-56-49-40-35-34-37-45-52-59-72(7)9-2/h70-75,80H,8-69H2,1-7H3,(H,85,86)(H,87,88)/t72?,73-,74-,75-/m1/s1. The summed E-state index contributed by atoms with van der Waals surface area (Å²) in [5.41, 5.74) is 0. The largest absolute Gasteiger partial charge is 0.472 e. The van der Waals surface area contributed by atoms with E-state index in [0.29, 0.717) is 31.6 Å². The van der Waals surface area contributed by atoms with Crippen molar-refractivity contribution in [1.29, 1.82) is 0 Å². The lowest BCUT2D eigenvalue weighted by Crippen LogP contribution is -2.30. The van der Waals surface area contributed by atoms with Gasteiger partial charge in [0, 0.05) is 25.7 Å². The third kappa shape index (κ3) is 71.1.